The third-order valence-corrected chi connectivity index (χ3v) is 6.50. The Morgan fingerprint density at radius 2 is 2.11 bits per heavy atom. The lowest BCUT2D eigenvalue weighted by Gasteiger charge is -2.36. The third kappa shape index (κ3) is 1.49. The maximum absolute atomic E-state index is 12.3. The van der Waals surface area contributed by atoms with Crippen molar-refractivity contribution in [1.29, 1.82) is 0 Å². The summed E-state index contributed by atoms with van der Waals surface area (Å²) in [4.78, 5) is 10.6. The lowest BCUT2D eigenvalue weighted by Crippen LogP contribution is -2.37. The molecule has 6 heteroatoms. The monoisotopic (exact) mass is 278 g/mol. The number of anilines is 1. The lowest BCUT2D eigenvalue weighted by atomic mass is 9.82. The summed E-state index contributed by atoms with van der Waals surface area (Å²) in [5.74, 6) is 1.33. The van der Waals surface area contributed by atoms with Crippen LogP contribution in [0.25, 0.3) is 0 Å². The molecule has 1 aliphatic heterocycles. The predicted molar refractivity (Wildman–Crippen MR) is 72.2 cm³/mol. The molecule has 4 rings (SSSR count). The summed E-state index contributed by atoms with van der Waals surface area (Å²) in [6, 6.07) is 4.86. The van der Waals surface area contributed by atoms with E-state index in [2.05, 4.69) is 4.72 Å². The van der Waals surface area contributed by atoms with Crippen molar-refractivity contribution in [3.63, 3.8) is 0 Å². The first-order chi connectivity index (χ1) is 9.15. The molecule has 1 aromatic carbocycles. The number of benzene rings is 1. The van der Waals surface area contributed by atoms with Crippen LogP contribution in [-0.2, 0) is 11.0 Å². The van der Waals surface area contributed by atoms with Crippen LogP contribution < -0.4 is 4.72 Å². The number of nitro groups is 1. The average molecular weight is 278 g/mol. The topological polar surface area (TPSA) is 72.2 Å². The van der Waals surface area contributed by atoms with E-state index in [1.165, 1.54) is 12.5 Å². The fraction of sp³-hybridized carbons (Fsp3) is 0.538. The number of nitro benzene ring substituents is 1. The smallest absolute Gasteiger partial charge is 0.269 e. The van der Waals surface area contributed by atoms with Crippen molar-refractivity contribution in [3.8, 4) is 0 Å². The van der Waals surface area contributed by atoms with Gasteiger partial charge in [0.15, 0.2) is 0 Å². The minimum atomic E-state index is -1.04. The number of fused-ring (bicyclic) bond motifs is 7. The number of rotatable bonds is 1. The van der Waals surface area contributed by atoms with E-state index in [1.54, 1.807) is 12.1 Å². The Hall–Kier alpha value is -1.43. The highest BCUT2D eigenvalue weighted by molar-refractivity contribution is 7.87. The highest BCUT2D eigenvalue weighted by atomic mass is 32.2. The first-order valence-corrected chi connectivity index (χ1v) is 7.82. The molecule has 3 aliphatic rings. The largest absolute Gasteiger partial charge is 0.305 e. The molecule has 1 heterocycles. The third-order valence-electron chi connectivity index (χ3n) is 4.90. The second-order valence-corrected chi connectivity index (χ2v) is 7.10. The van der Waals surface area contributed by atoms with E-state index in [9.17, 15) is 14.3 Å². The summed E-state index contributed by atoms with van der Waals surface area (Å²) in [6.07, 6.45) is 3.46. The van der Waals surface area contributed by atoms with Crippen molar-refractivity contribution in [1.82, 2.24) is 0 Å². The normalized spacial score (nSPS) is 38.4. The van der Waals surface area contributed by atoms with Crippen molar-refractivity contribution >= 4 is 22.4 Å². The second kappa shape index (κ2) is 3.79. The quantitative estimate of drug-likeness (QED) is 0.634. The lowest BCUT2D eigenvalue weighted by molar-refractivity contribution is -0.384. The van der Waals surface area contributed by atoms with E-state index in [1.807, 2.05) is 0 Å². The van der Waals surface area contributed by atoms with E-state index < -0.39 is 11.0 Å². The minimum absolute atomic E-state index is 0.134. The van der Waals surface area contributed by atoms with Gasteiger partial charge in [-0.05, 0) is 42.7 Å². The van der Waals surface area contributed by atoms with Crippen molar-refractivity contribution in [3.05, 3.63) is 33.9 Å². The summed E-state index contributed by atoms with van der Waals surface area (Å²) in [5.41, 5.74) is 1.96. The van der Waals surface area contributed by atoms with Gasteiger partial charge in [-0.1, -0.05) is 0 Å². The molecule has 0 unspecified atom stereocenters. The van der Waals surface area contributed by atoms with Crippen LogP contribution in [0.4, 0.5) is 11.4 Å². The molecular weight excluding hydrogens is 264 g/mol. The second-order valence-electron chi connectivity index (χ2n) is 5.75. The zero-order chi connectivity index (χ0) is 13.1. The van der Waals surface area contributed by atoms with Gasteiger partial charge >= 0.3 is 0 Å². The standard InChI is InChI=1S/C13H14N2O3S/c16-15(17)9-3-4-11-10(6-9)12-7-1-2-8(5-7)13(12)19(18)14-11/h3-4,6-8,12-14H,1-2,5H2/t7-,8+,12-,13+,19+/m1/s1. The van der Waals surface area contributed by atoms with Crippen LogP contribution in [0.5, 0.6) is 0 Å². The van der Waals surface area contributed by atoms with Gasteiger partial charge in [0.2, 0.25) is 0 Å². The zero-order valence-electron chi connectivity index (χ0n) is 10.2. The maximum Gasteiger partial charge on any atom is 0.269 e. The summed E-state index contributed by atoms with van der Waals surface area (Å²) >= 11 is 0. The van der Waals surface area contributed by atoms with Gasteiger partial charge in [0, 0.05) is 18.1 Å². The molecule has 100 valence electrons. The first-order valence-electron chi connectivity index (χ1n) is 6.60. The molecule has 0 radical (unpaired) electrons. The van der Waals surface area contributed by atoms with E-state index in [0.717, 1.165) is 24.1 Å². The van der Waals surface area contributed by atoms with Crippen molar-refractivity contribution < 1.29 is 9.13 Å². The summed E-state index contributed by atoms with van der Waals surface area (Å²) < 4.78 is 15.3. The van der Waals surface area contributed by atoms with Crippen LogP contribution >= 0.6 is 0 Å². The van der Waals surface area contributed by atoms with Crippen LogP contribution in [0, 0.1) is 22.0 Å². The molecule has 1 aromatic rings. The van der Waals surface area contributed by atoms with Crippen molar-refractivity contribution in [2.45, 2.75) is 30.4 Å². The van der Waals surface area contributed by atoms with E-state index in [-0.39, 0.29) is 21.8 Å². The van der Waals surface area contributed by atoms with Crippen LogP contribution in [0.3, 0.4) is 0 Å². The minimum Gasteiger partial charge on any atom is -0.305 e. The Morgan fingerprint density at radius 1 is 1.32 bits per heavy atom. The molecule has 0 spiro atoms. The number of hydrogen-bond donors (Lipinski definition) is 1. The summed E-state index contributed by atoms with van der Waals surface area (Å²) in [6.45, 7) is 0. The number of nitrogens with one attached hydrogen (secondary N) is 1. The van der Waals surface area contributed by atoms with Crippen molar-refractivity contribution in [2.75, 3.05) is 4.72 Å². The first kappa shape index (κ1) is 11.4. The molecular formula is C13H14N2O3S. The number of non-ortho nitro benzene ring substituents is 1. The van der Waals surface area contributed by atoms with Crippen molar-refractivity contribution in [2.24, 2.45) is 11.8 Å². The van der Waals surface area contributed by atoms with Gasteiger partial charge in [0.05, 0.1) is 15.9 Å². The van der Waals surface area contributed by atoms with Gasteiger partial charge in [-0.15, -0.1) is 0 Å². The molecule has 2 bridgehead atoms. The van der Waals surface area contributed by atoms with Crippen LogP contribution in [-0.4, -0.2) is 14.4 Å². The Labute approximate surface area is 113 Å². The number of hydrogen-bond acceptors (Lipinski definition) is 3. The predicted octanol–water partition coefficient (Wildman–Crippen LogP) is 2.57. The van der Waals surface area contributed by atoms with E-state index >= 15 is 0 Å². The van der Waals surface area contributed by atoms with Crippen LogP contribution in [0.2, 0.25) is 0 Å². The molecule has 1 N–H and O–H groups in total. The van der Waals surface area contributed by atoms with Gasteiger partial charge in [0.1, 0.15) is 11.0 Å². The van der Waals surface area contributed by atoms with Gasteiger partial charge in [-0.3, -0.25) is 10.1 Å². The van der Waals surface area contributed by atoms with Gasteiger partial charge in [-0.2, -0.15) is 0 Å². The van der Waals surface area contributed by atoms with Gasteiger partial charge in [0.25, 0.3) is 5.69 Å². The zero-order valence-corrected chi connectivity index (χ0v) is 11.1. The molecule has 2 saturated carbocycles. The molecule has 19 heavy (non-hydrogen) atoms. The Balaban J connectivity index is 1.85. The Kier molecular flexibility index (Phi) is 2.27. The molecule has 0 saturated heterocycles. The molecule has 2 fully saturated rings. The molecule has 0 aromatic heterocycles. The summed E-state index contributed by atoms with van der Waals surface area (Å²) in [5, 5.41) is 11.1. The fourth-order valence-electron chi connectivity index (χ4n) is 4.19. The highest BCUT2D eigenvalue weighted by Crippen LogP contribution is 2.58. The highest BCUT2D eigenvalue weighted by Gasteiger charge is 2.53. The van der Waals surface area contributed by atoms with Gasteiger partial charge in [-0.25, -0.2) is 4.21 Å². The van der Waals surface area contributed by atoms with Gasteiger partial charge < -0.3 is 4.72 Å². The molecule has 5 atom stereocenters. The fourth-order valence-corrected chi connectivity index (χ4v) is 5.96. The van der Waals surface area contributed by atoms with Crippen LogP contribution in [0.15, 0.2) is 18.2 Å². The van der Waals surface area contributed by atoms with E-state index in [0.29, 0.717) is 11.8 Å². The Bertz CT molecular complexity index is 604. The molecule has 5 nitrogen and oxygen atoms in total. The maximum atomic E-state index is 12.3. The Morgan fingerprint density at radius 3 is 2.89 bits per heavy atom. The number of nitrogens with zero attached hydrogens (tertiary/aromatic N) is 1. The van der Waals surface area contributed by atoms with Crippen LogP contribution in [0.1, 0.15) is 30.7 Å². The molecule has 0 amide bonds. The average Bonchev–Trinajstić information content (AvgIpc) is 2.99. The van der Waals surface area contributed by atoms with E-state index in [4.69, 9.17) is 0 Å². The molecule has 2 aliphatic carbocycles. The SMILES string of the molecule is O=[N+]([O-])c1ccc2c(c1)[C@H]1[C@@H]3CC[C@@H](C3)[C@@H]1[S@](=O)N2. The summed E-state index contributed by atoms with van der Waals surface area (Å²) in [7, 11) is -1.04.